The molecule has 25 heavy (non-hydrogen) atoms. The largest absolute Gasteiger partial charge is 4.00 e. The number of hydrogen-bond donors (Lipinski definition) is 1. The standard InChI is InChI=1S/C15H28NSi.2C2H6N.ClH.Ti/c1-8-15(5,14(2,3)4)16-17(6,7)13-11-9-10-12-13;2*1-3-2;;/h9,11,16H,8,10H2,1-7H3;2*1-2H3;1H;/q3*-1;;+4/p-1. The van der Waals surface area contributed by atoms with E-state index >= 15 is 0 Å². The first-order valence-corrected chi connectivity index (χ1v) is 11.5. The van der Waals surface area contributed by atoms with Gasteiger partial charge in [-0.05, 0) is 18.8 Å². The number of nitrogens with one attached hydrogen (secondary N) is 1. The van der Waals surface area contributed by atoms with E-state index < -0.39 is 8.24 Å². The van der Waals surface area contributed by atoms with Crippen molar-refractivity contribution in [3.63, 3.8) is 0 Å². The fourth-order valence-corrected chi connectivity index (χ4v) is 5.54. The molecule has 0 aromatic carbocycles. The van der Waals surface area contributed by atoms with Crippen LogP contribution in [0.2, 0.25) is 13.1 Å². The van der Waals surface area contributed by atoms with Crippen molar-refractivity contribution >= 4 is 8.24 Å². The van der Waals surface area contributed by atoms with E-state index in [1.54, 1.807) is 28.2 Å². The van der Waals surface area contributed by atoms with Crippen molar-refractivity contribution in [2.75, 3.05) is 28.2 Å². The second-order valence-electron chi connectivity index (χ2n) is 7.78. The van der Waals surface area contributed by atoms with Crippen molar-refractivity contribution < 1.29 is 34.1 Å². The summed E-state index contributed by atoms with van der Waals surface area (Å²) >= 11 is 0. The van der Waals surface area contributed by atoms with Gasteiger partial charge in [-0.25, -0.2) is 11.3 Å². The first kappa shape index (κ1) is 33.2. The Kier molecular flexibility index (Phi) is 20.7. The molecule has 0 saturated carbocycles. The molecule has 3 nitrogen and oxygen atoms in total. The van der Waals surface area contributed by atoms with Crippen molar-refractivity contribution in [1.29, 1.82) is 0 Å². The van der Waals surface area contributed by atoms with Crippen LogP contribution in [-0.4, -0.2) is 42.0 Å². The number of hydrogen-bond acceptors (Lipinski definition) is 1. The molecule has 0 saturated heterocycles. The summed E-state index contributed by atoms with van der Waals surface area (Å²) in [5, 5.41) is 8.43. The predicted molar refractivity (Wildman–Crippen MR) is 110 cm³/mol. The molecule has 0 bridgehead atoms. The van der Waals surface area contributed by atoms with E-state index in [0.717, 1.165) is 12.8 Å². The van der Waals surface area contributed by atoms with Crippen LogP contribution in [0.3, 0.4) is 0 Å². The van der Waals surface area contributed by atoms with Crippen molar-refractivity contribution in [2.24, 2.45) is 5.41 Å². The zero-order chi connectivity index (χ0) is 18.7. The Labute approximate surface area is 180 Å². The zero-order valence-corrected chi connectivity index (χ0v) is 21.7. The maximum absolute atomic E-state index is 3.99. The van der Waals surface area contributed by atoms with Crippen LogP contribution in [0.1, 0.15) is 47.5 Å². The molecule has 0 fully saturated rings. The maximum atomic E-state index is 3.99. The molecule has 0 radical (unpaired) electrons. The third kappa shape index (κ3) is 12.6. The molecule has 1 N–H and O–H groups in total. The van der Waals surface area contributed by atoms with E-state index in [1.165, 1.54) is 5.20 Å². The third-order valence-electron chi connectivity index (χ3n) is 4.32. The van der Waals surface area contributed by atoms with Gasteiger partial charge in [-0.3, -0.25) is 6.08 Å². The first-order valence-electron chi connectivity index (χ1n) is 8.48. The van der Waals surface area contributed by atoms with E-state index in [9.17, 15) is 0 Å². The molecule has 1 rings (SSSR count). The summed E-state index contributed by atoms with van der Waals surface area (Å²) in [6.45, 7) is 16.4. The van der Waals surface area contributed by atoms with Crippen molar-refractivity contribution in [3.8, 4) is 0 Å². The SMILES string of the molecule is CCC(C)(N[Si](C)(C)C1=[C-]CC=C1)C(C)(C)C.C[N-]C.C[N-]C.[Cl-].[Ti+4]. The molecular weight excluding hydrogens is 382 g/mol. The van der Waals surface area contributed by atoms with Crippen LogP contribution in [0.5, 0.6) is 0 Å². The average molecular weight is 422 g/mol. The molecule has 6 heteroatoms. The summed E-state index contributed by atoms with van der Waals surface area (Å²) < 4.78 is 0. The van der Waals surface area contributed by atoms with Gasteiger partial charge in [-0.2, -0.15) is 34.3 Å². The van der Waals surface area contributed by atoms with Gasteiger partial charge in [0.15, 0.2) is 0 Å². The summed E-state index contributed by atoms with van der Waals surface area (Å²) in [4.78, 5) is 3.99. The quantitative estimate of drug-likeness (QED) is 0.549. The Hall–Kier alpha value is 0.581. The van der Waals surface area contributed by atoms with Crippen LogP contribution >= 0.6 is 0 Å². The Morgan fingerprint density at radius 1 is 1.08 bits per heavy atom. The van der Waals surface area contributed by atoms with Gasteiger partial charge in [0.1, 0.15) is 8.24 Å². The first-order chi connectivity index (χ1) is 10.5. The molecular formula is C19H40ClN3SiTi. The summed E-state index contributed by atoms with van der Waals surface area (Å²) in [5.74, 6) is 0. The molecule has 0 heterocycles. The zero-order valence-electron chi connectivity index (χ0n) is 18.3. The Bertz CT molecular complexity index is 377. The predicted octanol–water partition coefficient (Wildman–Crippen LogP) is 2.47. The Morgan fingerprint density at radius 3 is 1.72 bits per heavy atom. The van der Waals surface area contributed by atoms with Gasteiger partial charge in [-0.15, -0.1) is 6.42 Å². The van der Waals surface area contributed by atoms with E-state index in [0.29, 0.717) is 0 Å². The topological polar surface area (TPSA) is 40.2 Å². The van der Waals surface area contributed by atoms with Gasteiger partial charge in [0.25, 0.3) is 0 Å². The van der Waals surface area contributed by atoms with Crippen LogP contribution in [0.25, 0.3) is 10.6 Å². The van der Waals surface area contributed by atoms with Gasteiger partial charge < -0.3 is 28.0 Å². The molecule has 0 amide bonds. The van der Waals surface area contributed by atoms with Crippen molar-refractivity contribution in [3.05, 3.63) is 34.1 Å². The normalized spacial score (nSPS) is 15.2. The van der Waals surface area contributed by atoms with Gasteiger partial charge in [0.2, 0.25) is 0 Å². The van der Waals surface area contributed by atoms with Gasteiger partial charge in [-0.1, -0.05) is 40.8 Å². The van der Waals surface area contributed by atoms with Gasteiger partial charge in [0.05, 0.1) is 0 Å². The van der Waals surface area contributed by atoms with Crippen molar-refractivity contribution in [1.82, 2.24) is 4.98 Å². The summed E-state index contributed by atoms with van der Waals surface area (Å²) in [6.07, 6.45) is 10.1. The number of rotatable bonds is 4. The molecule has 1 atom stereocenters. The second kappa shape index (κ2) is 15.6. The summed E-state index contributed by atoms with van der Waals surface area (Å²) in [6, 6.07) is 0. The van der Waals surface area contributed by atoms with Crippen LogP contribution in [0.4, 0.5) is 0 Å². The van der Waals surface area contributed by atoms with Crippen molar-refractivity contribution in [2.45, 2.75) is 66.1 Å². The van der Waals surface area contributed by atoms with E-state index in [4.69, 9.17) is 0 Å². The fourth-order valence-electron chi connectivity index (χ4n) is 2.40. The summed E-state index contributed by atoms with van der Waals surface area (Å²) in [7, 11) is 5.43. The van der Waals surface area contributed by atoms with Gasteiger partial charge in [0, 0.05) is 5.54 Å². The minimum Gasteiger partial charge on any atom is -1.00 e. The molecule has 0 aromatic heterocycles. The monoisotopic (exact) mass is 421 g/mol. The minimum absolute atomic E-state index is 0. The molecule has 1 unspecified atom stereocenters. The van der Waals surface area contributed by atoms with Crippen LogP contribution in [-0.2, 0) is 21.7 Å². The van der Waals surface area contributed by atoms with E-state index in [1.807, 2.05) is 0 Å². The van der Waals surface area contributed by atoms with Crippen LogP contribution < -0.4 is 17.4 Å². The molecule has 146 valence electrons. The molecule has 0 aromatic rings. The molecule has 1 aliphatic carbocycles. The average Bonchev–Trinajstić information content (AvgIpc) is 2.93. The smallest absolute Gasteiger partial charge is 1.00 e. The van der Waals surface area contributed by atoms with Crippen LogP contribution in [0.15, 0.2) is 17.3 Å². The molecule has 0 spiro atoms. The Morgan fingerprint density at radius 2 is 1.48 bits per heavy atom. The number of nitrogens with zero attached hydrogens (tertiary/aromatic N) is 2. The number of halogens is 1. The molecule has 0 aliphatic heterocycles. The summed E-state index contributed by atoms with van der Waals surface area (Å²) in [5.41, 5.74) is 0.461. The van der Waals surface area contributed by atoms with E-state index in [2.05, 4.69) is 81.6 Å². The van der Waals surface area contributed by atoms with E-state index in [-0.39, 0.29) is 45.1 Å². The molecule has 1 aliphatic rings. The third-order valence-corrected chi connectivity index (χ3v) is 7.19. The number of allylic oxidation sites excluding steroid dienone is 4. The maximum Gasteiger partial charge on any atom is 4.00 e. The second-order valence-corrected chi connectivity index (χ2v) is 11.8. The minimum atomic E-state index is -1.57. The Balaban J connectivity index is -0.000000242. The van der Waals surface area contributed by atoms with Crippen LogP contribution in [0, 0.1) is 11.5 Å². The fraction of sp³-hybridized carbons (Fsp3) is 0.789. The van der Waals surface area contributed by atoms with Gasteiger partial charge >= 0.3 is 21.7 Å².